The van der Waals surface area contributed by atoms with E-state index in [9.17, 15) is 9.59 Å². The number of methoxy groups -OCH3 is 1. The normalized spacial score (nSPS) is 16.7. The molecule has 0 radical (unpaired) electrons. The predicted octanol–water partition coefficient (Wildman–Crippen LogP) is 6.89. The van der Waals surface area contributed by atoms with Crippen LogP contribution in [-0.2, 0) is 0 Å². The summed E-state index contributed by atoms with van der Waals surface area (Å²) >= 11 is 0. The van der Waals surface area contributed by atoms with Gasteiger partial charge in [-0.25, -0.2) is 0 Å². The largest absolute Gasteiger partial charge is 0.497 e. The second-order valence-electron chi connectivity index (χ2n) is 8.98. The van der Waals surface area contributed by atoms with Gasteiger partial charge in [-0.05, 0) is 61.4 Å². The van der Waals surface area contributed by atoms with E-state index in [2.05, 4.69) is 0 Å². The van der Waals surface area contributed by atoms with E-state index in [4.69, 9.17) is 14.2 Å². The van der Waals surface area contributed by atoms with Gasteiger partial charge < -0.3 is 14.2 Å². The second-order valence-corrected chi connectivity index (χ2v) is 8.98. The Balaban J connectivity index is 1.77. The molecule has 0 saturated heterocycles. The highest BCUT2D eigenvalue weighted by molar-refractivity contribution is 6.14. The van der Waals surface area contributed by atoms with Crippen LogP contribution < -0.4 is 14.2 Å². The van der Waals surface area contributed by atoms with Crippen molar-refractivity contribution in [2.24, 2.45) is 5.92 Å². The summed E-state index contributed by atoms with van der Waals surface area (Å²) in [6, 6.07) is 20.4. The van der Waals surface area contributed by atoms with Crippen molar-refractivity contribution in [2.45, 2.75) is 26.9 Å². The van der Waals surface area contributed by atoms with Gasteiger partial charge in [0, 0.05) is 0 Å². The molecule has 0 saturated carbocycles. The molecule has 0 aromatic heterocycles. The quantitative estimate of drug-likeness (QED) is 0.199. The molecule has 5 nitrogen and oxygen atoms in total. The number of benzene rings is 3. The topological polar surface area (TPSA) is 61.8 Å². The number of rotatable bonds is 8. The van der Waals surface area contributed by atoms with Crippen molar-refractivity contribution in [3.63, 3.8) is 0 Å². The maximum atomic E-state index is 13.6. The van der Waals surface area contributed by atoms with E-state index in [-0.39, 0.29) is 22.9 Å². The molecule has 3 aromatic carbocycles. The zero-order valence-electron chi connectivity index (χ0n) is 21.0. The summed E-state index contributed by atoms with van der Waals surface area (Å²) in [6.45, 7) is 6.11. The van der Waals surface area contributed by atoms with Crippen LogP contribution in [0, 0.1) is 5.92 Å². The SMILES string of the molecule is COc1cccc(/C=C/C(=O)c2c(OCC=C(C)C)ccc3c2OC(c2ccccc2)C(C)C3=O)c1. The third-order valence-electron chi connectivity index (χ3n) is 6.12. The molecule has 0 N–H and O–H groups in total. The Hall–Kier alpha value is -4.12. The molecule has 0 fully saturated rings. The first-order valence-corrected chi connectivity index (χ1v) is 11.9. The fourth-order valence-corrected chi connectivity index (χ4v) is 4.14. The first-order valence-electron chi connectivity index (χ1n) is 11.9. The molecule has 2 atom stereocenters. The number of allylic oxidation sites excluding steroid dienone is 2. The van der Waals surface area contributed by atoms with Gasteiger partial charge in [-0.15, -0.1) is 0 Å². The molecular formula is C31H30O5. The van der Waals surface area contributed by atoms with Crippen LogP contribution in [0.5, 0.6) is 17.2 Å². The third-order valence-corrected chi connectivity index (χ3v) is 6.12. The van der Waals surface area contributed by atoms with Gasteiger partial charge in [-0.2, -0.15) is 0 Å². The van der Waals surface area contributed by atoms with Crippen LogP contribution >= 0.6 is 0 Å². The second kappa shape index (κ2) is 11.1. The molecule has 0 aliphatic carbocycles. The van der Waals surface area contributed by atoms with Gasteiger partial charge in [0.2, 0.25) is 0 Å². The standard InChI is InChI=1S/C31H30O5/c1-20(2)17-18-35-27-16-14-25-29(33)21(3)30(23-10-6-5-7-11-23)36-31(25)28(27)26(32)15-13-22-9-8-12-24(19-22)34-4/h5-17,19,21,30H,18H2,1-4H3/b15-13+. The first-order chi connectivity index (χ1) is 17.4. The summed E-state index contributed by atoms with van der Waals surface area (Å²) in [5.41, 5.74) is 3.43. The summed E-state index contributed by atoms with van der Waals surface area (Å²) in [6.07, 6.45) is 4.61. The van der Waals surface area contributed by atoms with E-state index < -0.39 is 12.0 Å². The van der Waals surface area contributed by atoms with Crippen LogP contribution in [-0.4, -0.2) is 25.3 Å². The van der Waals surface area contributed by atoms with Crippen molar-refractivity contribution in [1.82, 2.24) is 0 Å². The summed E-state index contributed by atoms with van der Waals surface area (Å²) in [4.78, 5) is 27.0. The van der Waals surface area contributed by atoms with Crippen molar-refractivity contribution < 1.29 is 23.8 Å². The van der Waals surface area contributed by atoms with Gasteiger partial charge in [0.05, 0.1) is 18.6 Å². The molecule has 0 bridgehead atoms. The van der Waals surface area contributed by atoms with E-state index in [0.717, 1.165) is 16.7 Å². The zero-order valence-corrected chi connectivity index (χ0v) is 21.0. The molecule has 1 aliphatic heterocycles. The van der Waals surface area contributed by atoms with Crippen molar-refractivity contribution in [3.8, 4) is 17.2 Å². The van der Waals surface area contributed by atoms with Gasteiger partial charge in [0.15, 0.2) is 11.6 Å². The molecule has 184 valence electrons. The highest BCUT2D eigenvalue weighted by Gasteiger charge is 2.38. The smallest absolute Gasteiger partial charge is 0.193 e. The number of ketones is 2. The van der Waals surface area contributed by atoms with E-state index >= 15 is 0 Å². The van der Waals surface area contributed by atoms with Crippen LogP contribution in [0.25, 0.3) is 6.08 Å². The summed E-state index contributed by atoms with van der Waals surface area (Å²) in [7, 11) is 1.60. The maximum absolute atomic E-state index is 13.6. The Bertz CT molecular complexity index is 1320. The number of Topliss-reactive ketones (excluding diaryl/α,β-unsaturated/α-hetero) is 1. The molecule has 1 aliphatic rings. The van der Waals surface area contributed by atoms with Crippen LogP contribution in [0.2, 0.25) is 0 Å². The van der Waals surface area contributed by atoms with E-state index in [0.29, 0.717) is 23.7 Å². The average molecular weight is 483 g/mol. The van der Waals surface area contributed by atoms with Gasteiger partial charge >= 0.3 is 0 Å². The summed E-state index contributed by atoms with van der Waals surface area (Å²) in [5, 5.41) is 0. The van der Waals surface area contributed by atoms with E-state index in [1.54, 1.807) is 25.3 Å². The number of hydrogen-bond donors (Lipinski definition) is 0. The van der Waals surface area contributed by atoms with Crippen molar-refractivity contribution in [2.75, 3.05) is 13.7 Å². The number of carbonyl (C=O) groups is 2. The highest BCUT2D eigenvalue weighted by atomic mass is 16.5. The molecule has 0 amide bonds. The molecule has 0 spiro atoms. The van der Waals surface area contributed by atoms with Crippen LogP contribution in [0.3, 0.4) is 0 Å². The van der Waals surface area contributed by atoms with Gasteiger partial charge in [-0.3, -0.25) is 9.59 Å². The first kappa shape index (κ1) is 25.0. The number of ether oxygens (including phenoxy) is 3. The number of carbonyl (C=O) groups excluding carboxylic acids is 2. The molecule has 1 heterocycles. The van der Waals surface area contributed by atoms with E-state index in [1.807, 2.05) is 81.4 Å². The lowest BCUT2D eigenvalue weighted by atomic mass is 9.85. The summed E-state index contributed by atoms with van der Waals surface area (Å²) < 4.78 is 17.7. The van der Waals surface area contributed by atoms with Crippen molar-refractivity contribution in [1.29, 1.82) is 0 Å². The Kier molecular flexibility index (Phi) is 7.69. The van der Waals surface area contributed by atoms with Crippen molar-refractivity contribution >= 4 is 17.6 Å². The lowest BCUT2D eigenvalue weighted by Gasteiger charge is -2.32. The molecule has 5 heteroatoms. The fraction of sp³-hybridized carbons (Fsp3) is 0.226. The van der Waals surface area contributed by atoms with Gasteiger partial charge in [0.1, 0.15) is 35.5 Å². The number of hydrogen-bond acceptors (Lipinski definition) is 5. The molecule has 4 rings (SSSR count). The molecular weight excluding hydrogens is 452 g/mol. The van der Waals surface area contributed by atoms with Crippen LogP contribution in [0.15, 0.2) is 84.5 Å². The minimum absolute atomic E-state index is 0.0632. The monoisotopic (exact) mass is 482 g/mol. The van der Waals surface area contributed by atoms with E-state index in [1.165, 1.54) is 6.08 Å². The van der Waals surface area contributed by atoms with Crippen LogP contribution in [0.1, 0.15) is 58.7 Å². The Morgan fingerprint density at radius 1 is 1.03 bits per heavy atom. The molecule has 2 unspecified atom stereocenters. The lowest BCUT2D eigenvalue weighted by molar-refractivity contribution is 0.0685. The molecule has 36 heavy (non-hydrogen) atoms. The number of fused-ring (bicyclic) bond motifs is 1. The fourth-order valence-electron chi connectivity index (χ4n) is 4.14. The Morgan fingerprint density at radius 2 is 1.81 bits per heavy atom. The molecule has 3 aromatic rings. The Labute approximate surface area is 212 Å². The van der Waals surface area contributed by atoms with Gasteiger partial charge in [-0.1, -0.05) is 61.0 Å². The maximum Gasteiger partial charge on any atom is 0.193 e. The highest BCUT2D eigenvalue weighted by Crippen LogP contribution is 2.43. The minimum Gasteiger partial charge on any atom is -0.497 e. The van der Waals surface area contributed by atoms with Crippen molar-refractivity contribution in [3.05, 3.63) is 107 Å². The van der Waals surface area contributed by atoms with Crippen LogP contribution in [0.4, 0.5) is 0 Å². The predicted molar refractivity (Wildman–Crippen MR) is 141 cm³/mol. The summed E-state index contributed by atoms with van der Waals surface area (Å²) in [5.74, 6) is 0.569. The zero-order chi connectivity index (χ0) is 25.7. The average Bonchev–Trinajstić information content (AvgIpc) is 2.89. The minimum atomic E-state index is -0.506. The van der Waals surface area contributed by atoms with Gasteiger partial charge in [0.25, 0.3) is 0 Å². The lowest BCUT2D eigenvalue weighted by Crippen LogP contribution is -2.30. The Morgan fingerprint density at radius 3 is 2.53 bits per heavy atom. The third kappa shape index (κ3) is 5.41.